The summed E-state index contributed by atoms with van der Waals surface area (Å²) in [7, 11) is 0. The summed E-state index contributed by atoms with van der Waals surface area (Å²) in [6, 6.07) is 8.93. The molecule has 1 aromatic carbocycles. The van der Waals surface area contributed by atoms with E-state index in [-0.39, 0.29) is 0 Å². The van der Waals surface area contributed by atoms with Crippen LogP contribution in [0.25, 0.3) is 0 Å². The van der Waals surface area contributed by atoms with Crippen molar-refractivity contribution in [1.29, 1.82) is 0 Å². The van der Waals surface area contributed by atoms with Crippen molar-refractivity contribution < 1.29 is 0 Å². The highest BCUT2D eigenvalue weighted by atomic mass is 15.2. The highest BCUT2D eigenvalue weighted by molar-refractivity contribution is 5.55. The fourth-order valence-corrected chi connectivity index (χ4v) is 3.32. The quantitative estimate of drug-likeness (QED) is 0.889. The van der Waals surface area contributed by atoms with Crippen LogP contribution >= 0.6 is 0 Å². The number of nitrogens with zero attached hydrogens (tertiary/aromatic N) is 2. The molecular weight excluding hydrogens is 234 g/mol. The first-order valence-electron chi connectivity index (χ1n) is 7.59. The Labute approximate surface area is 116 Å². The minimum atomic E-state index is 0.776. The summed E-state index contributed by atoms with van der Waals surface area (Å²) in [6.07, 6.45) is 1.24. The molecule has 2 aliphatic rings. The molecule has 1 fully saturated rings. The van der Waals surface area contributed by atoms with Crippen molar-refractivity contribution >= 4 is 5.69 Å². The summed E-state index contributed by atoms with van der Waals surface area (Å²) in [6.45, 7) is 10.6. The molecule has 1 unspecified atom stereocenters. The number of anilines is 1. The zero-order valence-corrected chi connectivity index (χ0v) is 11.9. The monoisotopic (exact) mass is 259 g/mol. The molecule has 0 bridgehead atoms. The van der Waals surface area contributed by atoms with Crippen LogP contribution in [-0.4, -0.2) is 50.7 Å². The van der Waals surface area contributed by atoms with Gasteiger partial charge in [-0.1, -0.05) is 25.1 Å². The molecule has 19 heavy (non-hydrogen) atoms. The van der Waals surface area contributed by atoms with Crippen molar-refractivity contribution in [1.82, 2.24) is 10.2 Å². The zero-order valence-electron chi connectivity index (χ0n) is 11.9. The lowest BCUT2D eigenvalue weighted by Crippen LogP contribution is -2.47. The van der Waals surface area contributed by atoms with Crippen LogP contribution in [0.3, 0.4) is 0 Å². The molecule has 0 amide bonds. The Hall–Kier alpha value is -1.06. The van der Waals surface area contributed by atoms with E-state index in [9.17, 15) is 0 Å². The lowest BCUT2D eigenvalue weighted by atomic mass is 9.94. The predicted octanol–water partition coefficient (Wildman–Crippen LogP) is 1.59. The normalized spacial score (nSPS) is 24.3. The molecule has 2 heterocycles. The Balaban J connectivity index is 1.64. The van der Waals surface area contributed by atoms with E-state index in [1.165, 1.54) is 50.4 Å². The van der Waals surface area contributed by atoms with Gasteiger partial charge in [0.1, 0.15) is 0 Å². The molecule has 1 atom stereocenters. The molecule has 2 aliphatic heterocycles. The fraction of sp³-hybridized carbons (Fsp3) is 0.625. The number of hydrogen-bond donors (Lipinski definition) is 1. The maximum Gasteiger partial charge on any atom is 0.0399 e. The third-order valence-corrected chi connectivity index (χ3v) is 4.33. The molecule has 3 heteroatoms. The van der Waals surface area contributed by atoms with Crippen molar-refractivity contribution in [2.75, 3.05) is 50.7 Å². The van der Waals surface area contributed by atoms with Crippen molar-refractivity contribution in [2.45, 2.75) is 13.3 Å². The molecular formula is C16H25N3. The van der Waals surface area contributed by atoms with Gasteiger partial charge >= 0.3 is 0 Å². The largest absolute Gasteiger partial charge is 0.370 e. The lowest BCUT2D eigenvalue weighted by molar-refractivity contribution is 0.244. The van der Waals surface area contributed by atoms with E-state index >= 15 is 0 Å². The lowest BCUT2D eigenvalue weighted by Gasteiger charge is -2.37. The van der Waals surface area contributed by atoms with Crippen LogP contribution in [0, 0.1) is 5.92 Å². The highest BCUT2D eigenvalue weighted by Gasteiger charge is 2.21. The van der Waals surface area contributed by atoms with E-state index < -0.39 is 0 Å². The van der Waals surface area contributed by atoms with Gasteiger partial charge in [0.05, 0.1) is 0 Å². The first-order valence-corrected chi connectivity index (χ1v) is 7.59. The molecule has 0 aliphatic carbocycles. The van der Waals surface area contributed by atoms with Gasteiger partial charge in [0, 0.05) is 51.5 Å². The SMILES string of the molecule is CC1Cc2ccccc2N(CCN2CCNCC2)C1. The van der Waals surface area contributed by atoms with Crippen molar-refractivity contribution in [3.8, 4) is 0 Å². The number of fused-ring (bicyclic) bond motifs is 1. The van der Waals surface area contributed by atoms with Crippen LogP contribution in [0.2, 0.25) is 0 Å². The average molecular weight is 259 g/mol. The van der Waals surface area contributed by atoms with E-state index in [1.807, 2.05) is 0 Å². The first-order chi connectivity index (χ1) is 9.33. The van der Waals surface area contributed by atoms with Crippen LogP contribution < -0.4 is 10.2 Å². The number of rotatable bonds is 3. The smallest absolute Gasteiger partial charge is 0.0399 e. The fourth-order valence-electron chi connectivity index (χ4n) is 3.32. The number of hydrogen-bond acceptors (Lipinski definition) is 3. The summed E-state index contributed by atoms with van der Waals surface area (Å²) in [5, 5.41) is 3.42. The predicted molar refractivity (Wildman–Crippen MR) is 80.8 cm³/mol. The molecule has 0 radical (unpaired) electrons. The van der Waals surface area contributed by atoms with Crippen molar-refractivity contribution in [2.24, 2.45) is 5.92 Å². The maximum absolute atomic E-state index is 3.42. The molecule has 1 N–H and O–H groups in total. The molecule has 0 aromatic heterocycles. The second-order valence-corrected chi connectivity index (χ2v) is 5.98. The van der Waals surface area contributed by atoms with Gasteiger partial charge in [-0.2, -0.15) is 0 Å². The standard InChI is InChI=1S/C16H25N3/c1-14-12-15-4-2-3-5-16(15)19(13-14)11-10-18-8-6-17-7-9-18/h2-5,14,17H,6-13H2,1H3. The second kappa shape index (κ2) is 5.93. The van der Waals surface area contributed by atoms with Crippen LogP contribution in [0.1, 0.15) is 12.5 Å². The van der Waals surface area contributed by atoms with Gasteiger partial charge in [-0.15, -0.1) is 0 Å². The van der Waals surface area contributed by atoms with Crippen molar-refractivity contribution in [3.05, 3.63) is 29.8 Å². The second-order valence-electron chi connectivity index (χ2n) is 5.98. The van der Waals surface area contributed by atoms with E-state index in [0.717, 1.165) is 19.0 Å². The van der Waals surface area contributed by atoms with Crippen LogP contribution in [-0.2, 0) is 6.42 Å². The molecule has 3 rings (SSSR count). The molecule has 0 saturated carbocycles. The Morgan fingerprint density at radius 1 is 1.16 bits per heavy atom. The highest BCUT2D eigenvalue weighted by Crippen LogP contribution is 2.28. The summed E-state index contributed by atoms with van der Waals surface area (Å²) in [5.41, 5.74) is 3.00. The van der Waals surface area contributed by atoms with Crippen LogP contribution in [0.4, 0.5) is 5.69 Å². The molecule has 1 saturated heterocycles. The van der Waals surface area contributed by atoms with Gasteiger partial charge in [0.15, 0.2) is 0 Å². The number of para-hydroxylation sites is 1. The third-order valence-electron chi connectivity index (χ3n) is 4.33. The zero-order chi connectivity index (χ0) is 13.1. The van der Waals surface area contributed by atoms with Gasteiger partial charge < -0.3 is 10.2 Å². The minimum Gasteiger partial charge on any atom is -0.370 e. The molecule has 1 aromatic rings. The summed E-state index contributed by atoms with van der Waals surface area (Å²) in [4.78, 5) is 5.17. The van der Waals surface area contributed by atoms with E-state index in [0.29, 0.717) is 0 Å². The van der Waals surface area contributed by atoms with Gasteiger partial charge in [0.2, 0.25) is 0 Å². The molecule has 104 valence electrons. The average Bonchev–Trinajstić information content (AvgIpc) is 2.45. The minimum absolute atomic E-state index is 0.776. The van der Waals surface area contributed by atoms with Gasteiger partial charge in [-0.25, -0.2) is 0 Å². The maximum atomic E-state index is 3.42. The van der Waals surface area contributed by atoms with Gasteiger partial charge in [-0.05, 0) is 24.0 Å². The van der Waals surface area contributed by atoms with E-state index in [1.54, 1.807) is 0 Å². The summed E-state index contributed by atoms with van der Waals surface area (Å²) in [5.74, 6) is 0.776. The van der Waals surface area contributed by atoms with E-state index in [2.05, 4.69) is 46.3 Å². The third kappa shape index (κ3) is 3.10. The van der Waals surface area contributed by atoms with Gasteiger partial charge in [-0.3, -0.25) is 4.90 Å². The Kier molecular flexibility index (Phi) is 4.04. The van der Waals surface area contributed by atoms with Crippen molar-refractivity contribution in [3.63, 3.8) is 0 Å². The van der Waals surface area contributed by atoms with E-state index in [4.69, 9.17) is 0 Å². The summed E-state index contributed by atoms with van der Waals surface area (Å²) < 4.78 is 0. The van der Waals surface area contributed by atoms with Crippen LogP contribution in [0.5, 0.6) is 0 Å². The number of piperazine rings is 1. The Morgan fingerprint density at radius 2 is 1.95 bits per heavy atom. The topological polar surface area (TPSA) is 18.5 Å². The summed E-state index contributed by atoms with van der Waals surface area (Å²) >= 11 is 0. The van der Waals surface area contributed by atoms with Gasteiger partial charge in [0.25, 0.3) is 0 Å². The Morgan fingerprint density at radius 3 is 2.79 bits per heavy atom. The number of nitrogens with one attached hydrogen (secondary N) is 1. The number of benzene rings is 1. The molecule has 0 spiro atoms. The van der Waals surface area contributed by atoms with Crippen LogP contribution in [0.15, 0.2) is 24.3 Å². The first kappa shape index (κ1) is 12.9. The molecule has 3 nitrogen and oxygen atoms in total. The Bertz CT molecular complexity index is 412.